The van der Waals surface area contributed by atoms with E-state index < -0.39 is 0 Å². The van der Waals surface area contributed by atoms with Gasteiger partial charge in [-0.05, 0) is 5.56 Å². The van der Waals surface area contributed by atoms with E-state index in [1.54, 1.807) is 0 Å². The molecule has 1 atom stereocenters. The lowest BCUT2D eigenvalue weighted by Crippen LogP contribution is -2.25. The molecule has 0 heterocycles. The third kappa shape index (κ3) is 2.95. The third-order valence-corrected chi connectivity index (χ3v) is 1.90. The van der Waals surface area contributed by atoms with Gasteiger partial charge in [0, 0.05) is 13.3 Å². The maximum absolute atomic E-state index is 10.9. The summed E-state index contributed by atoms with van der Waals surface area (Å²) in [6.45, 7) is 1.49. The fourth-order valence-electron chi connectivity index (χ4n) is 1.30. The Bertz CT molecular complexity index is 337. The minimum absolute atomic E-state index is 0.0610. The van der Waals surface area contributed by atoms with E-state index in [1.165, 1.54) is 6.92 Å². The molecule has 0 bridgehead atoms. The molecule has 1 aromatic rings. The smallest absolute Gasteiger partial charge is 0.217 e. The molecule has 0 spiro atoms. The Hall–Kier alpha value is -1.75. The van der Waals surface area contributed by atoms with Crippen LogP contribution in [0.15, 0.2) is 30.3 Å². The first-order valence-corrected chi connectivity index (χ1v) is 4.49. The molecule has 0 unspecified atom stereocenters. The minimum atomic E-state index is -0.0706. The van der Waals surface area contributed by atoms with Crippen LogP contribution in [-0.4, -0.2) is 5.91 Å². The number of carbonyl (C=O) groups is 1. The van der Waals surface area contributed by atoms with Crippen molar-refractivity contribution in [1.29, 1.82) is 0 Å². The third-order valence-electron chi connectivity index (χ3n) is 1.90. The minimum Gasteiger partial charge on any atom is -0.349 e. The van der Waals surface area contributed by atoms with Gasteiger partial charge in [0.15, 0.2) is 0 Å². The van der Waals surface area contributed by atoms with Gasteiger partial charge in [-0.2, -0.15) is 0 Å². The Balaban J connectivity index is 2.78. The van der Waals surface area contributed by atoms with Gasteiger partial charge < -0.3 is 5.32 Å². The largest absolute Gasteiger partial charge is 0.349 e. The fraction of sp³-hybridized carbons (Fsp3) is 0.250. The second kappa shape index (κ2) is 5.08. The van der Waals surface area contributed by atoms with Gasteiger partial charge in [-0.1, -0.05) is 30.3 Å². The van der Waals surface area contributed by atoms with Crippen molar-refractivity contribution < 1.29 is 4.79 Å². The monoisotopic (exact) mass is 187 g/mol. The SMILES string of the molecule is C#CC[C@H](NC(C)=O)c1ccccc1. The van der Waals surface area contributed by atoms with Crippen LogP contribution in [0.2, 0.25) is 0 Å². The van der Waals surface area contributed by atoms with Crippen LogP contribution in [0.4, 0.5) is 0 Å². The van der Waals surface area contributed by atoms with Crippen LogP contribution in [0.5, 0.6) is 0 Å². The number of rotatable bonds is 3. The molecule has 1 aromatic carbocycles. The molecule has 0 aliphatic carbocycles. The van der Waals surface area contributed by atoms with Gasteiger partial charge in [0.1, 0.15) is 0 Å². The molecule has 14 heavy (non-hydrogen) atoms. The zero-order valence-corrected chi connectivity index (χ0v) is 8.16. The molecule has 1 rings (SSSR count). The normalized spacial score (nSPS) is 11.4. The maximum Gasteiger partial charge on any atom is 0.217 e. The number of terminal acetylenes is 1. The van der Waals surface area contributed by atoms with E-state index in [2.05, 4.69) is 11.2 Å². The van der Waals surface area contributed by atoms with Crippen molar-refractivity contribution in [3.8, 4) is 12.3 Å². The van der Waals surface area contributed by atoms with Crippen molar-refractivity contribution >= 4 is 5.91 Å². The van der Waals surface area contributed by atoms with E-state index in [4.69, 9.17) is 6.42 Å². The van der Waals surface area contributed by atoms with E-state index in [0.29, 0.717) is 6.42 Å². The highest BCUT2D eigenvalue weighted by Gasteiger charge is 2.09. The topological polar surface area (TPSA) is 29.1 Å². The van der Waals surface area contributed by atoms with Crippen LogP contribution >= 0.6 is 0 Å². The van der Waals surface area contributed by atoms with Crippen molar-refractivity contribution in [2.75, 3.05) is 0 Å². The summed E-state index contributed by atoms with van der Waals surface area (Å²) in [5.74, 6) is 2.50. The number of carbonyl (C=O) groups excluding carboxylic acids is 1. The van der Waals surface area contributed by atoms with E-state index >= 15 is 0 Å². The molecule has 0 saturated carbocycles. The van der Waals surface area contributed by atoms with Crippen LogP contribution in [0.1, 0.15) is 24.9 Å². The van der Waals surface area contributed by atoms with Gasteiger partial charge in [0.25, 0.3) is 0 Å². The number of hydrogen-bond donors (Lipinski definition) is 1. The van der Waals surface area contributed by atoms with Crippen molar-refractivity contribution in [2.45, 2.75) is 19.4 Å². The molecule has 0 saturated heterocycles. The zero-order chi connectivity index (χ0) is 10.4. The number of benzene rings is 1. The Labute approximate surface area is 84.3 Å². The summed E-state index contributed by atoms with van der Waals surface area (Å²) in [6.07, 6.45) is 5.76. The summed E-state index contributed by atoms with van der Waals surface area (Å²) < 4.78 is 0. The fourth-order valence-corrected chi connectivity index (χ4v) is 1.30. The lowest BCUT2D eigenvalue weighted by atomic mass is 10.0. The van der Waals surface area contributed by atoms with Crippen molar-refractivity contribution in [2.24, 2.45) is 0 Å². The number of hydrogen-bond acceptors (Lipinski definition) is 1. The van der Waals surface area contributed by atoms with Gasteiger partial charge in [0.05, 0.1) is 6.04 Å². The quantitative estimate of drug-likeness (QED) is 0.719. The summed E-state index contributed by atoms with van der Waals surface area (Å²) in [4.78, 5) is 10.9. The van der Waals surface area contributed by atoms with Crippen molar-refractivity contribution in [3.05, 3.63) is 35.9 Å². The molecule has 2 heteroatoms. The Morgan fingerprint density at radius 2 is 2.14 bits per heavy atom. The number of amides is 1. The Morgan fingerprint density at radius 3 is 2.64 bits per heavy atom. The van der Waals surface area contributed by atoms with E-state index in [1.807, 2.05) is 30.3 Å². The molecule has 0 aliphatic heterocycles. The first kappa shape index (κ1) is 10.3. The molecular weight excluding hydrogens is 174 g/mol. The van der Waals surface area contributed by atoms with E-state index in [-0.39, 0.29) is 11.9 Å². The summed E-state index contributed by atoms with van der Waals surface area (Å²) in [6, 6.07) is 9.64. The molecule has 0 aliphatic rings. The zero-order valence-electron chi connectivity index (χ0n) is 8.16. The summed E-state index contributed by atoms with van der Waals surface area (Å²) >= 11 is 0. The average molecular weight is 187 g/mol. The summed E-state index contributed by atoms with van der Waals surface area (Å²) in [7, 11) is 0. The first-order valence-electron chi connectivity index (χ1n) is 4.49. The Kier molecular flexibility index (Phi) is 3.75. The van der Waals surface area contributed by atoms with Crippen LogP contribution in [0, 0.1) is 12.3 Å². The predicted molar refractivity (Wildman–Crippen MR) is 56.4 cm³/mol. The van der Waals surface area contributed by atoms with Gasteiger partial charge in [0.2, 0.25) is 5.91 Å². The van der Waals surface area contributed by atoms with E-state index in [0.717, 1.165) is 5.56 Å². The lowest BCUT2D eigenvalue weighted by molar-refractivity contribution is -0.119. The number of nitrogens with one attached hydrogen (secondary N) is 1. The summed E-state index contributed by atoms with van der Waals surface area (Å²) in [5, 5.41) is 2.82. The molecule has 1 amide bonds. The van der Waals surface area contributed by atoms with Crippen LogP contribution in [0.25, 0.3) is 0 Å². The second-order valence-electron chi connectivity index (χ2n) is 3.07. The molecule has 72 valence electrons. The lowest BCUT2D eigenvalue weighted by Gasteiger charge is -2.15. The molecule has 1 N–H and O–H groups in total. The maximum atomic E-state index is 10.9. The summed E-state index contributed by atoms with van der Waals surface area (Å²) in [5.41, 5.74) is 1.04. The average Bonchev–Trinajstić information content (AvgIpc) is 2.18. The highest BCUT2D eigenvalue weighted by atomic mass is 16.1. The second-order valence-corrected chi connectivity index (χ2v) is 3.07. The highest BCUT2D eigenvalue weighted by molar-refractivity contribution is 5.73. The standard InChI is InChI=1S/C12H13NO/c1-3-7-12(13-10(2)14)11-8-5-4-6-9-11/h1,4-6,8-9,12H,7H2,2H3,(H,13,14)/t12-/m0/s1. The molecule has 2 nitrogen and oxygen atoms in total. The van der Waals surface area contributed by atoms with Crippen molar-refractivity contribution in [3.63, 3.8) is 0 Å². The Morgan fingerprint density at radius 1 is 1.50 bits per heavy atom. The molecule has 0 radical (unpaired) electrons. The molecular formula is C12H13NO. The van der Waals surface area contributed by atoms with E-state index in [9.17, 15) is 4.79 Å². The van der Waals surface area contributed by atoms with Crippen molar-refractivity contribution in [1.82, 2.24) is 5.32 Å². The molecule has 0 fully saturated rings. The van der Waals surface area contributed by atoms with Gasteiger partial charge in [-0.15, -0.1) is 12.3 Å². The predicted octanol–water partition coefficient (Wildman–Crippen LogP) is 1.89. The van der Waals surface area contributed by atoms with Crippen LogP contribution in [0.3, 0.4) is 0 Å². The van der Waals surface area contributed by atoms with Crippen LogP contribution < -0.4 is 5.32 Å². The highest BCUT2D eigenvalue weighted by Crippen LogP contribution is 2.15. The molecule has 0 aromatic heterocycles. The first-order chi connectivity index (χ1) is 6.74. The van der Waals surface area contributed by atoms with Crippen LogP contribution in [-0.2, 0) is 4.79 Å². The van der Waals surface area contributed by atoms with Gasteiger partial charge >= 0.3 is 0 Å². The van der Waals surface area contributed by atoms with Gasteiger partial charge in [-0.25, -0.2) is 0 Å². The van der Waals surface area contributed by atoms with Gasteiger partial charge in [-0.3, -0.25) is 4.79 Å².